The summed E-state index contributed by atoms with van der Waals surface area (Å²) in [6.07, 6.45) is 22.9. The number of phosphoric ester groups is 1. The Morgan fingerprint density at radius 3 is 1.66 bits per heavy atom. The summed E-state index contributed by atoms with van der Waals surface area (Å²) in [4.78, 5) is 21.2. The van der Waals surface area contributed by atoms with Gasteiger partial charge >= 0.3 is 7.82 Å². The van der Waals surface area contributed by atoms with Gasteiger partial charge in [-0.05, 0) is 26.2 Å². The fourth-order valence-electron chi connectivity index (χ4n) is 4.48. The smallest absolute Gasteiger partial charge is 0.379 e. The SMILES string of the molecule is CCCCCCCCCCCCCCCCCCOC[C@H](COP(=O)(O)OCC[N+](C)(C)C)OCCCCC(C)=O. The van der Waals surface area contributed by atoms with Crippen molar-refractivity contribution in [2.24, 2.45) is 0 Å². The number of carbonyl (C=O) groups is 1. The van der Waals surface area contributed by atoms with Crippen LogP contribution in [-0.2, 0) is 27.9 Å². The molecular weight excluding hydrogens is 541 g/mol. The van der Waals surface area contributed by atoms with E-state index in [9.17, 15) is 14.3 Å². The van der Waals surface area contributed by atoms with Crippen LogP contribution < -0.4 is 0 Å². The zero-order valence-corrected chi connectivity index (χ0v) is 28.4. The van der Waals surface area contributed by atoms with Gasteiger partial charge in [-0.3, -0.25) is 9.05 Å². The summed E-state index contributed by atoms with van der Waals surface area (Å²) in [5.74, 6) is 0.166. The van der Waals surface area contributed by atoms with Crippen LogP contribution >= 0.6 is 7.82 Å². The van der Waals surface area contributed by atoms with Gasteiger partial charge in [0.1, 0.15) is 25.0 Å². The second kappa shape index (κ2) is 27.2. The fourth-order valence-corrected chi connectivity index (χ4v) is 5.22. The molecule has 0 aliphatic heterocycles. The minimum absolute atomic E-state index is 0.0795. The Balaban J connectivity index is 3.95. The van der Waals surface area contributed by atoms with Gasteiger partial charge in [-0.15, -0.1) is 0 Å². The molecule has 0 aromatic heterocycles. The van der Waals surface area contributed by atoms with Gasteiger partial charge in [-0.25, -0.2) is 4.57 Å². The van der Waals surface area contributed by atoms with Crippen molar-refractivity contribution in [3.8, 4) is 0 Å². The van der Waals surface area contributed by atoms with Crippen LogP contribution in [0, 0.1) is 0 Å². The number of ketones is 1. The summed E-state index contributed by atoms with van der Waals surface area (Å²) in [5, 5.41) is 0. The topological polar surface area (TPSA) is 91.3 Å². The Labute approximate surface area is 253 Å². The summed E-state index contributed by atoms with van der Waals surface area (Å²) < 4.78 is 34.9. The van der Waals surface area contributed by atoms with Crippen LogP contribution in [0.15, 0.2) is 0 Å². The molecule has 0 aromatic carbocycles. The van der Waals surface area contributed by atoms with Crippen molar-refractivity contribution in [2.75, 3.05) is 60.7 Å². The molecule has 0 bridgehead atoms. The Morgan fingerprint density at radius 1 is 0.683 bits per heavy atom. The van der Waals surface area contributed by atoms with Crippen LogP contribution in [0.25, 0.3) is 0 Å². The molecule has 0 heterocycles. The summed E-state index contributed by atoms with van der Waals surface area (Å²) in [6, 6.07) is 0. The van der Waals surface area contributed by atoms with Crippen LogP contribution in [0.5, 0.6) is 0 Å². The number of likely N-dealkylation sites (N-methyl/N-ethyl adjacent to an activating group) is 1. The molecule has 246 valence electrons. The zero-order valence-electron chi connectivity index (χ0n) is 27.5. The maximum atomic E-state index is 12.3. The standard InChI is InChI=1S/C32H66NO7P/c1-6-7-8-9-10-11-12-13-14-15-16-17-18-19-20-22-26-37-29-32(38-27-23-21-24-31(2)34)30-40-41(35,36)39-28-25-33(3,4)5/h32H,6-30H2,1-5H3/p+1/t32-/m1/s1. The maximum Gasteiger partial charge on any atom is 0.472 e. The molecule has 1 N–H and O–H groups in total. The normalized spacial score (nSPS) is 14.3. The molecular formula is C32H67NO7P+. The molecule has 9 heteroatoms. The second-order valence-electron chi connectivity index (χ2n) is 12.6. The summed E-state index contributed by atoms with van der Waals surface area (Å²) in [5.41, 5.74) is 0. The molecule has 0 radical (unpaired) electrons. The molecule has 41 heavy (non-hydrogen) atoms. The largest absolute Gasteiger partial charge is 0.472 e. The third kappa shape index (κ3) is 32.4. The Kier molecular flexibility index (Phi) is 27.0. The first-order valence-electron chi connectivity index (χ1n) is 16.7. The highest BCUT2D eigenvalue weighted by atomic mass is 31.2. The highest BCUT2D eigenvalue weighted by molar-refractivity contribution is 7.47. The van der Waals surface area contributed by atoms with Gasteiger partial charge in [0.2, 0.25) is 0 Å². The summed E-state index contributed by atoms with van der Waals surface area (Å²) in [7, 11) is 1.80. The van der Waals surface area contributed by atoms with Crippen LogP contribution in [-0.4, -0.2) is 82.0 Å². The van der Waals surface area contributed by atoms with E-state index < -0.39 is 13.9 Å². The van der Waals surface area contributed by atoms with Crippen molar-refractivity contribution in [1.82, 2.24) is 0 Å². The molecule has 8 nitrogen and oxygen atoms in total. The average molecular weight is 609 g/mol. The van der Waals surface area contributed by atoms with Crippen LogP contribution in [0.3, 0.4) is 0 Å². The lowest BCUT2D eigenvalue weighted by atomic mass is 10.0. The van der Waals surface area contributed by atoms with Gasteiger partial charge < -0.3 is 23.6 Å². The predicted octanol–water partition coefficient (Wildman–Crippen LogP) is 8.25. The van der Waals surface area contributed by atoms with Crippen LogP contribution in [0.1, 0.15) is 136 Å². The van der Waals surface area contributed by atoms with Gasteiger partial charge in [0.25, 0.3) is 0 Å². The number of carbonyl (C=O) groups excluding carboxylic acids is 1. The van der Waals surface area contributed by atoms with E-state index in [0.717, 1.165) is 25.7 Å². The van der Waals surface area contributed by atoms with E-state index in [1.54, 1.807) is 6.92 Å². The Bertz CT molecular complexity index is 642. The van der Waals surface area contributed by atoms with Gasteiger partial charge in [0.15, 0.2) is 0 Å². The quantitative estimate of drug-likeness (QED) is 0.0467. The van der Waals surface area contributed by atoms with Crippen molar-refractivity contribution in [3.63, 3.8) is 0 Å². The van der Waals surface area contributed by atoms with E-state index >= 15 is 0 Å². The molecule has 0 fully saturated rings. The summed E-state index contributed by atoms with van der Waals surface area (Å²) in [6.45, 7) is 5.88. The number of hydrogen-bond acceptors (Lipinski definition) is 6. The number of unbranched alkanes of at least 4 members (excludes halogenated alkanes) is 16. The van der Waals surface area contributed by atoms with E-state index in [-0.39, 0.29) is 19.0 Å². The lowest BCUT2D eigenvalue weighted by Crippen LogP contribution is -2.37. The van der Waals surface area contributed by atoms with Crippen molar-refractivity contribution in [3.05, 3.63) is 0 Å². The van der Waals surface area contributed by atoms with E-state index in [1.807, 2.05) is 21.1 Å². The van der Waals surface area contributed by atoms with Gasteiger partial charge in [-0.2, -0.15) is 0 Å². The minimum atomic E-state index is -4.16. The van der Waals surface area contributed by atoms with Gasteiger partial charge in [0, 0.05) is 19.6 Å². The first-order valence-corrected chi connectivity index (χ1v) is 18.2. The van der Waals surface area contributed by atoms with Crippen LogP contribution in [0.2, 0.25) is 0 Å². The number of nitrogens with zero attached hydrogens (tertiary/aromatic N) is 1. The molecule has 0 aromatic rings. The van der Waals surface area contributed by atoms with E-state index in [2.05, 4.69) is 6.92 Å². The number of phosphoric acid groups is 1. The number of quaternary nitrogens is 1. The van der Waals surface area contributed by atoms with Crippen molar-refractivity contribution in [1.29, 1.82) is 0 Å². The second-order valence-corrected chi connectivity index (χ2v) is 14.1. The third-order valence-corrected chi connectivity index (χ3v) is 8.15. The minimum Gasteiger partial charge on any atom is -0.379 e. The molecule has 0 saturated heterocycles. The van der Waals surface area contributed by atoms with Gasteiger partial charge in [0.05, 0.1) is 34.4 Å². The number of rotatable bonds is 32. The lowest BCUT2D eigenvalue weighted by molar-refractivity contribution is -0.870. The highest BCUT2D eigenvalue weighted by Gasteiger charge is 2.25. The molecule has 0 spiro atoms. The van der Waals surface area contributed by atoms with Gasteiger partial charge in [-0.1, -0.05) is 103 Å². The van der Waals surface area contributed by atoms with E-state index in [4.69, 9.17) is 18.5 Å². The summed E-state index contributed by atoms with van der Waals surface area (Å²) >= 11 is 0. The average Bonchev–Trinajstić information content (AvgIpc) is 2.89. The molecule has 2 atom stereocenters. The molecule has 0 aliphatic carbocycles. The molecule has 0 amide bonds. The Morgan fingerprint density at radius 2 is 1.17 bits per heavy atom. The van der Waals surface area contributed by atoms with E-state index in [1.165, 1.54) is 89.9 Å². The molecule has 1 unspecified atom stereocenters. The van der Waals surface area contributed by atoms with Crippen molar-refractivity contribution < 1.29 is 37.3 Å². The maximum absolute atomic E-state index is 12.3. The molecule has 0 rings (SSSR count). The highest BCUT2D eigenvalue weighted by Crippen LogP contribution is 2.43. The Hall–Kier alpha value is -0.340. The van der Waals surface area contributed by atoms with Crippen molar-refractivity contribution in [2.45, 2.75) is 142 Å². The third-order valence-electron chi connectivity index (χ3n) is 7.16. The lowest BCUT2D eigenvalue weighted by Gasteiger charge is -2.24. The fraction of sp³-hybridized carbons (Fsp3) is 0.969. The molecule has 0 aliphatic rings. The number of Topliss-reactive ketones (excluding diaryl/α,β-unsaturated/α-hetero) is 1. The van der Waals surface area contributed by atoms with Crippen molar-refractivity contribution >= 4 is 13.6 Å². The van der Waals surface area contributed by atoms with E-state index in [0.29, 0.717) is 37.3 Å². The monoisotopic (exact) mass is 608 g/mol. The number of ether oxygens (including phenoxy) is 2. The van der Waals surface area contributed by atoms with Crippen LogP contribution in [0.4, 0.5) is 0 Å². The zero-order chi connectivity index (χ0) is 30.7. The molecule has 0 saturated carbocycles. The first kappa shape index (κ1) is 40.7. The first-order chi connectivity index (χ1) is 19.6. The number of hydrogen-bond donors (Lipinski definition) is 1. The predicted molar refractivity (Wildman–Crippen MR) is 169 cm³/mol.